The fraction of sp³-hybridized carbons (Fsp3) is 0.810. The third-order valence-corrected chi connectivity index (χ3v) is 9.67. The molecule has 3 heteroatoms. The zero-order valence-electron chi connectivity index (χ0n) is 29.9. The molecule has 1 N–H and O–H groups in total. The molecule has 1 aliphatic carbocycles. The summed E-state index contributed by atoms with van der Waals surface area (Å²) in [6, 6.07) is 0. The Kier molecular flexibility index (Phi) is 24.8. The fourth-order valence-corrected chi connectivity index (χ4v) is 6.89. The van der Waals surface area contributed by atoms with Crippen LogP contribution in [0.4, 0.5) is 0 Å². The largest absolute Gasteiger partial charge is 0.393 e. The summed E-state index contributed by atoms with van der Waals surface area (Å²) in [6.45, 7) is 4.53. The van der Waals surface area contributed by atoms with Crippen molar-refractivity contribution in [1.29, 1.82) is 0 Å². The van der Waals surface area contributed by atoms with E-state index >= 15 is 0 Å². The SMILES string of the molecule is CCCCC/C=C\C/C=C\CCCCCCCCC1(CCCCCCCC/C=C\C/C=C\CCCCC)OC2CC(O)CC2O1. The molecular formula is C42H74O3. The summed E-state index contributed by atoms with van der Waals surface area (Å²) in [5.74, 6) is -0.389. The highest BCUT2D eigenvalue weighted by Gasteiger charge is 2.50. The first-order valence-corrected chi connectivity index (χ1v) is 19.8. The molecule has 1 heterocycles. The Morgan fingerprint density at radius 1 is 0.467 bits per heavy atom. The van der Waals surface area contributed by atoms with Gasteiger partial charge in [0.05, 0.1) is 18.3 Å². The van der Waals surface area contributed by atoms with E-state index in [1.165, 1.54) is 141 Å². The summed E-state index contributed by atoms with van der Waals surface area (Å²) < 4.78 is 13.2. The summed E-state index contributed by atoms with van der Waals surface area (Å²) >= 11 is 0. The van der Waals surface area contributed by atoms with E-state index in [1.807, 2.05) is 0 Å². The summed E-state index contributed by atoms with van der Waals surface area (Å²) in [7, 11) is 0. The minimum absolute atomic E-state index is 0.106. The van der Waals surface area contributed by atoms with Crippen molar-refractivity contribution in [2.45, 2.75) is 218 Å². The highest BCUT2D eigenvalue weighted by molar-refractivity contribution is 4.95. The molecule has 2 atom stereocenters. The number of aliphatic hydroxyl groups excluding tert-OH is 1. The van der Waals surface area contributed by atoms with Crippen molar-refractivity contribution in [3.05, 3.63) is 48.6 Å². The quantitative estimate of drug-likeness (QED) is 0.0637. The topological polar surface area (TPSA) is 38.7 Å². The minimum Gasteiger partial charge on any atom is -0.393 e. The van der Waals surface area contributed by atoms with E-state index < -0.39 is 0 Å². The van der Waals surface area contributed by atoms with Crippen molar-refractivity contribution < 1.29 is 14.6 Å². The number of aliphatic hydroxyl groups is 1. The van der Waals surface area contributed by atoms with Crippen LogP contribution in [0.5, 0.6) is 0 Å². The maximum atomic E-state index is 10.1. The molecule has 0 aromatic heterocycles. The maximum Gasteiger partial charge on any atom is 0.169 e. The lowest BCUT2D eigenvalue weighted by molar-refractivity contribution is -0.194. The van der Waals surface area contributed by atoms with Crippen molar-refractivity contribution >= 4 is 0 Å². The number of ether oxygens (including phenoxy) is 2. The van der Waals surface area contributed by atoms with Gasteiger partial charge < -0.3 is 14.6 Å². The Balaban J connectivity index is 1.50. The van der Waals surface area contributed by atoms with E-state index in [1.54, 1.807) is 0 Å². The van der Waals surface area contributed by atoms with Crippen molar-refractivity contribution in [2.75, 3.05) is 0 Å². The van der Waals surface area contributed by atoms with E-state index in [2.05, 4.69) is 62.5 Å². The highest BCUT2D eigenvalue weighted by atomic mass is 16.8. The highest BCUT2D eigenvalue weighted by Crippen LogP contribution is 2.43. The lowest BCUT2D eigenvalue weighted by atomic mass is 9.98. The van der Waals surface area contributed by atoms with E-state index in [4.69, 9.17) is 9.47 Å². The van der Waals surface area contributed by atoms with Crippen LogP contribution < -0.4 is 0 Å². The molecule has 2 rings (SSSR count). The first kappa shape index (κ1) is 40.0. The Morgan fingerprint density at radius 2 is 0.800 bits per heavy atom. The molecule has 2 fully saturated rings. The van der Waals surface area contributed by atoms with Gasteiger partial charge in [-0.15, -0.1) is 0 Å². The molecule has 0 radical (unpaired) electrons. The zero-order chi connectivity index (χ0) is 32.1. The van der Waals surface area contributed by atoms with E-state index in [0.29, 0.717) is 0 Å². The predicted molar refractivity (Wildman–Crippen MR) is 196 cm³/mol. The van der Waals surface area contributed by atoms with Gasteiger partial charge in [-0.1, -0.05) is 140 Å². The molecule has 0 aromatic carbocycles. The lowest BCUT2D eigenvalue weighted by Gasteiger charge is -2.30. The van der Waals surface area contributed by atoms with E-state index in [9.17, 15) is 5.11 Å². The lowest BCUT2D eigenvalue weighted by Crippen LogP contribution is -2.32. The normalized spacial score (nSPS) is 21.4. The molecule has 1 aliphatic heterocycles. The van der Waals surface area contributed by atoms with Crippen LogP contribution in [0.3, 0.4) is 0 Å². The first-order chi connectivity index (χ1) is 22.2. The van der Waals surface area contributed by atoms with Crippen LogP contribution >= 0.6 is 0 Å². The fourth-order valence-electron chi connectivity index (χ4n) is 6.89. The third kappa shape index (κ3) is 20.6. The Bertz CT molecular complexity index is 717. The number of unbranched alkanes of at least 4 members (excludes halogenated alkanes) is 18. The van der Waals surface area contributed by atoms with Crippen LogP contribution in [-0.4, -0.2) is 29.2 Å². The number of allylic oxidation sites excluding steroid dienone is 8. The predicted octanol–water partition coefficient (Wildman–Crippen LogP) is 13.0. The van der Waals surface area contributed by atoms with Gasteiger partial charge in [0.25, 0.3) is 0 Å². The van der Waals surface area contributed by atoms with Crippen molar-refractivity contribution in [1.82, 2.24) is 0 Å². The molecule has 0 bridgehead atoms. The molecule has 3 nitrogen and oxygen atoms in total. The van der Waals surface area contributed by atoms with Gasteiger partial charge in [0.1, 0.15) is 0 Å². The summed E-state index contributed by atoms with van der Waals surface area (Å²) in [5.41, 5.74) is 0. The molecule has 0 aromatic rings. The molecule has 2 aliphatic rings. The van der Waals surface area contributed by atoms with Crippen molar-refractivity contribution in [2.24, 2.45) is 0 Å². The average molecular weight is 627 g/mol. The minimum atomic E-state index is -0.389. The van der Waals surface area contributed by atoms with Gasteiger partial charge in [0.15, 0.2) is 5.79 Å². The van der Waals surface area contributed by atoms with Gasteiger partial charge in [-0.3, -0.25) is 0 Å². The van der Waals surface area contributed by atoms with Crippen LogP contribution in [-0.2, 0) is 9.47 Å². The first-order valence-electron chi connectivity index (χ1n) is 19.8. The van der Waals surface area contributed by atoms with Gasteiger partial charge in [0, 0.05) is 25.7 Å². The van der Waals surface area contributed by atoms with Crippen molar-refractivity contribution in [3.8, 4) is 0 Å². The number of hydrogen-bond acceptors (Lipinski definition) is 3. The number of hydrogen-bond donors (Lipinski definition) is 1. The molecule has 260 valence electrons. The number of fused-ring (bicyclic) bond motifs is 1. The van der Waals surface area contributed by atoms with Gasteiger partial charge in [-0.25, -0.2) is 0 Å². The molecule has 45 heavy (non-hydrogen) atoms. The Labute approximate surface area is 280 Å². The van der Waals surface area contributed by atoms with Crippen LogP contribution in [0.1, 0.15) is 194 Å². The second kappa shape index (κ2) is 27.9. The van der Waals surface area contributed by atoms with Gasteiger partial charge in [-0.2, -0.15) is 0 Å². The average Bonchev–Trinajstić information content (AvgIpc) is 3.54. The third-order valence-electron chi connectivity index (χ3n) is 9.67. The molecule has 2 unspecified atom stereocenters. The molecular weight excluding hydrogens is 552 g/mol. The Morgan fingerprint density at radius 3 is 1.18 bits per heavy atom. The number of rotatable bonds is 30. The van der Waals surface area contributed by atoms with Crippen molar-refractivity contribution in [3.63, 3.8) is 0 Å². The van der Waals surface area contributed by atoms with Gasteiger partial charge in [-0.05, 0) is 77.0 Å². The summed E-state index contributed by atoms with van der Waals surface area (Å²) in [4.78, 5) is 0. The van der Waals surface area contributed by atoms with Gasteiger partial charge in [0.2, 0.25) is 0 Å². The second-order valence-corrected chi connectivity index (χ2v) is 14.0. The van der Waals surface area contributed by atoms with E-state index in [-0.39, 0.29) is 24.1 Å². The molecule has 1 saturated heterocycles. The molecule has 0 spiro atoms. The Hall–Kier alpha value is -1.16. The van der Waals surface area contributed by atoms with E-state index in [0.717, 1.165) is 38.5 Å². The summed E-state index contributed by atoms with van der Waals surface area (Å²) in [5, 5.41) is 10.1. The smallest absolute Gasteiger partial charge is 0.169 e. The van der Waals surface area contributed by atoms with Crippen LogP contribution in [0.2, 0.25) is 0 Å². The van der Waals surface area contributed by atoms with Crippen LogP contribution in [0, 0.1) is 0 Å². The second-order valence-electron chi connectivity index (χ2n) is 14.0. The monoisotopic (exact) mass is 627 g/mol. The molecule has 1 saturated carbocycles. The standard InChI is InChI=1S/C42H74O3/c1-3-5-7-9-11-13-15-17-19-21-23-25-27-29-31-33-35-42(44-40-37-39(43)38-41(40)45-42)36-34-32-30-28-26-24-22-20-18-16-14-12-10-8-6-4-2/h11-14,17-20,39-41,43H,3-10,15-16,21-38H2,1-2H3/b13-11-,14-12-,19-17-,20-18-. The van der Waals surface area contributed by atoms with Crippen LogP contribution in [0.15, 0.2) is 48.6 Å². The van der Waals surface area contributed by atoms with Gasteiger partial charge >= 0.3 is 0 Å². The zero-order valence-corrected chi connectivity index (χ0v) is 29.9. The maximum absolute atomic E-state index is 10.1. The molecule has 0 amide bonds. The van der Waals surface area contributed by atoms with Crippen LogP contribution in [0.25, 0.3) is 0 Å². The summed E-state index contributed by atoms with van der Waals surface area (Å²) in [6.07, 6.45) is 52.9.